The first-order valence-corrected chi connectivity index (χ1v) is 8.18. The van der Waals surface area contributed by atoms with Crippen LogP contribution in [0.25, 0.3) is 0 Å². The molecular formula is C18H20BrNO. The van der Waals surface area contributed by atoms with Crippen molar-refractivity contribution in [1.82, 2.24) is 0 Å². The summed E-state index contributed by atoms with van der Waals surface area (Å²) in [6.45, 7) is 5.11. The minimum atomic E-state index is -0.457. The number of hydrogen-bond donors (Lipinski definition) is 1. The van der Waals surface area contributed by atoms with Gasteiger partial charge in [-0.05, 0) is 48.6 Å². The van der Waals surface area contributed by atoms with Crippen molar-refractivity contribution in [2.75, 3.05) is 11.4 Å². The Morgan fingerprint density at radius 2 is 2.00 bits per heavy atom. The van der Waals surface area contributed by atoms with Crippen LogP contribution in [0.3, 0.4) is 0 Å². The number of hydrogen-bond acceptors (Lipinski definition) is 2. The van der Waals surface area contributed by atoms with Crippen LogP contribution in [0.2, 0.25) is 0 Å². The number of halogens is 1. The fourth-order valence-electron chi connectivity index (χ4n) is 3.06. The lowest BCUT2D eigenvalue weighted by Gasteiger charge is -2.35. The molecule has 0 bridgehead atoms. The van der Waals surface area contributed by atoms with Gasteiger partial charge in [-0.25, -0.2) is 0 Å². The quantitative estimate of drug-likeness (QED) is 0.842. The zero-order valence-corrected chi connectivity index (χ0v) is 14.0. The maximum absolute atomic E-state index is 9.76. The number of para-hydroxylation sites is 1. The van der Waals surface area contributed by atoms with E-state index in [1.54, 1.807) is 6.92 Å². The predicted molar refractivity (Wildman–Crippen MR) is 91.1 cm³/mol. The highest BCUT2D eigenvalue weighted by atomic mass is 79.9. The van der Waals surface area contributed by atoms with Crippen LogP contribution in [0, 0.1) is 5.92 Å². The van der Waals surface area contributed by atoms with Crippen LogP contribution >= 0.6 is 15.9 Å². The van der Waals surface area contributed by atoms with E-state index in [2.05, 4.69) is 64.2 Å². The topological polar surface area (TPSA) is 23.5 Å². The Labute approximate surface area is 134 Å². The van der Waals surface area contributed by atoms with Crippen molar-refractivity contribution in [1.29, 1.82) is 0 Å². The molecular weight excluding hydrogens is 326 g/mol. The van der Waals surface area contributed by atoms with Crippen molar-refractivity contribution in [3.05, 3.63) is 58.1 Å². The van der Waals surface area contributed by atoms with Gasteiger partial charge < -0.3 is 10.0 Å². The molecule has 2 unspecified atom stereocenters. The third kappa shape index (κ3) is 2.85. The summed E-state index contributed by atoms with van der Waals surface area (Å²) in [7, 11) is 0. The van der Waals surface area contributed by atoms with E-state index in [1.165, 1.54) is 16.9 Å². The highest BCUT2D eigenvalue weighted by Crippen LogP contribution is 2.37. The highest BCUT2D eigenvalue weighted by molar-refractivity contribution is 9.10. The molecule has 3 heteroatoms. The minimum Gasteiger partial charge on any atom is -0.389 e. The molecule has 2 aromatic carbocycles. The largest absolute Gasteiger partial charge is 0.389 e. The summed E-state index contributed by atoms with van der Waals surface area (Å²) in [5.41, 5.74) is 4.81. The van der Waals surface area contributed by atoms with Gasteiger partial charge in [0, 0.05) is 22.4 Å². The summed E-state index contributed by atoms with van der Waals surface area (Å²) in [6, 6.07) is 14.8. The Kier molecular flexibility index (Phi) is 4.05. The van der Waals surface area contributed by atoms with Gasteiger partial charge in [0.05, 0.1) is 6.10 Å². The van der Waals surface area contributed by atoms with Crippen molar-refractivity contribution >= 4 is 27.3 Å². The van der Waals surface area contributed by atoms with Crippen LogP contribution in [0.4, 0.5) is 11.4 Å². The number of nitrogens with zero attached hydrogens (tertiary/aromatic N) is 1. The van der Waals surface area contributed by atoms with E-state index in [9.17, 15) is 5.11 Å². The lowest BCUT2D eigenvalue weighted by molar-refractivity contribution is 0.198. The number of anilines is 2. The number of aliphatic hydroxyl groups is 1. The standard InChI is InChI=1S/C18H20BrNO/c1-12-9-14-5-3-4-6-18(14)20(11-12)15-7-8-16(13(2)21)17(19)10-15/h3-8,10,12-13,21H,9,11H2,1-2H3. The molecule has 110 valence electrons. The molecule has 1 aliphatic heterocycles. The molecule has 21 heavy (non-hydrogen) atoms. The van der Waals surface area contributed by atoms with Gasteiger partial charge >= 0.3 is 0 Å². The molecule has 0 saturated heterocycles. The lowest BCUT2D eigenvalue weighted by Crippen LogP contribution is -2.30. The van der Waals surface area contributed by atoms with Gasteiger partial charge in [0.2, 0.25) is 0 Å². The molecule has 2 aromatic rings. The van der Waals surface area contributed by atoms with E-state index < -0.39 is 6.10 Å². The van der Waals surface area contributed by atoms with Crippen LogP contribution in [0.15, 0.2) is 46.9 Å². The minimum absolute atomic E-state index is 0.457. The summed E-state index contributed by atoms with van der Waals surface area (Å²) in [6.07, 6.45) is 0.681. The summed E-state index contributed by atoms with van der Waals surface area (Å²) >= 11 is 3.58. The number of benzene rings is 2. The molecule has 0 saturated carbocycles. The Balaban J connectivity index is 2.03. The summed E-state index contributed by atoms with van der Waals surface area (Å²) in [5, 5.41) is 9.76. The maximum atomic E-state index is 9.76. The van der Waals surface area contributed by atoms with E-state index in [0.29, 0.717) is 5.92 Å². The average molecular weight is 346 g/mol. The van der Waals surface area contributed by atoms with Crippen molar-refractivity contribution in [2.45, 2.75) is 26.4 Å². The van der Waals surface area contributed by atoms with Crippen LogP contribution in [0.1, 0.15) is 31.1 Å². The average Bonchev–Trinajstić information content (AvgIpc) is 2.45. The van der Waals surface area contributed by atoms with E-state index in [-0.39, 0.29) is 0 Å². The third-order valence-corrected chi connectivity index (χ3v) is 4.78. The molecule has 1 heterocycles. The zero-order valence-electron chi connectivity index (χ0n) is 12.4. The second-order valence-corrected chi connectivity index (χ2v) is 6.78. The van der Waals surface area contributed by atoms with Gasteiger partial charge in [-0.1, -0.05) is 47.1 Å². The summed E-state index contributed by atoms with van der Waals surface area (Å²) < 4.78 is 0.964. The molecule has 0 aromatic heterocycles. The second-order valence-electron chi connectivity index (χ2n) is 5.93. The van der Waals surface area contributed by atoms with E-state index in [4.69, 9.17) is 0 Å². The van der Waals surface area contributed by atoms with Crippen molar-refractivity contribution in [2.24, 2.45) is 5.92 Å². The summed E-state index contributed by atoms with van der Waals surface area (Å²) in [4.78, 5) is 2.38. The van der Waals surface area contributed by atoms with Gasteiger partial charge in [0.15, 0.2) is 0 Å². The molecule has 3 rings (SSSR count). The summed E-state index contributed by atoms with van der Waals surface area (Å²) in [5.74, 6) is 0.634. The van der Waals surface area contributed by atoms with Crippen LogP contribution < -0.4 is 4.90 Å². The molecule has 0 aliphatic carbocycles. The van der Waals surface area contributed by atoms with Crippen LogP contribution in [0.5, 0.6) is 0 Å². The van der Waals surface area contributed by atoms with Crippen molar-refractivity contribution in [3.8, 4) is 0 Å². The number of fused-ring (bicyclic) bond motifs is 1. The Hall–Kier alpha value is -1.32. The van der Waals surface area contributed by atoms with Gasteiger partial charge in [0.1, 0.15) is 0 Å². The third-order valence-electron chi connectivity index (χ3n) is 4.09. The normalized spacial score (nSPS) is 19.2. The molecule has 0 fully saturated rings. The Morgan fingerprint density at radius 1 is 1.24 bits per heavy atom. The van der Waals surface area contributed by atoms with Crippen molar-refractivity contribution < 1.29 is 5.11 Å². The lowest BCUT2D eigenvalue weighted by atomic mass is 9.93. The Morgan fingerprint density at radius 3 is 2.71 bits per heavy atom. The predicted octanol–water partition coefficient (Wildman–Crippen LogP) is 4.83. The smallest absolute Gasteiger partial charge is 0.0772 e. The molecule has 0 amide bonds. The first-order chi connectivity index (χ1) is 10.1. The van der Waals surface area contributed by atoms with E-state index >= 15 is 0 Å². The first kappa shape index (κ1) is 14.6. The molecule has 1 aliphatic rings. The van der Waals surface area contributed by atoms with Crippen LogP contribution in [-0.4, -0.2) is 11.7 Å². The van der Waals surface area contributed by atoms with Gasteiger partial charge in [0.25, 0.3) is 0 Å². The number of rotatable bonds is 2. The fourth-order valence-corrected chi connectivity index (χ4v) is 3.76. The van der Waals surface area contributed by atoms with E-state index in [0.717, 1.165) is 23.0 Å². The van der Waals surface area contributed by atoms with Crippen LogP contribution in [-0.2, 0) is 6.42 Å². The first-order valence-electron chi connectivity index (χ1n) is 7.39. The van der Waals surface area contributed by atoms with Crippen molar-refractivity contribution in [3.63, 3.8) is 0 Å². The fraction of sp³-hybridized carbons (Fsp3) is 0.333. The maximum Gasteiger partial charge on any atom is 0.0772 e. The second kappa shape index (κ2) is 5.82. The zero-order chi connectivity index (χ0) is 15.0. The van der Waals surface area contributed by atoms with Gasteiger partial charge in [-0.2, -0.15) is 0 Å². The Bertz CT molecular complexity index is 653. The highest BCUT2D eigenvalue weighted by Gasteiger charge is 2.23. The molecule has 1 N–H and O–H groups in total. The van der Waals surface area contributed by atoms with E-state index in [1.807, 2.05) is 6.07 Å². The molecule has 0 spiro atoms. The van der Waals surface area contributed by atoms with Gasteiger partial charge in [-0.3, -0.25) is 0 Å². The van der Waals surface area contributed by atoms with Gasteiger partial charge in [-0.15, -0.1) is 0 Å². The molecule has 0 radical (unpaired) electrons. The monoisotopic (exact) mass is 345 g/mol. The number of aliphatic hydroxyl groups excluding tert-OH is 1. The SMILES string of the molecule is CC1Cc2ccccc2N(c2ccc(C(C)O)c(Br)c2)C1. The molecule has 2 nitrogen and oxygen atoms in total. The molecule has 2 atom stereocenters.